The number of carbonyl (C=O) groups is 1. The number of likely N-dealkylation sites (N-methyl/N-ethyl adjacent to an activating group) is 1. The van der Waals surface area contributed by atoms with Crippen molar-refractivity contribution in [2.24, 2.45) is 5.92 Å². The molecule has 1 aliphatic rings. The van der Waals surface area contributed by atoms with Crippen LogP contribution in [-0.2, 0) is 11.2 Å². The van der Waals surface area contributed by atoms with Crippen molar-refractivity contribution >= 4 is 5.97 Å². The average molecular weight is 247 g/mol. The largest absolute Gasteiger partial charge is 0.462 e. The van der Waals surface area contributed by atoms with Crippen LogP contribution < -0.4 is 5.32 Å². The van der Waals surface area contributed by atoms with Gasteiger partial charge in [0.25, 0.3) is 0 Å². The predicted octanol–water partition coefficient (Wildman–Crippen LogP) is 2.41. The van der Waals surface area contributed by atoms with E-state index in [9.17, 15) is 4.79 Å². The minimum atomic E-state index is -0.178. The summed E-state index contributed by atoms with van der Waals surface area (Å²) in [7, 11) is 1.91. The van der Waals surface area contributed by atoms with Crippen LogP contribution in [0.3, 0.4) is 0 Å². The summed E-state index contributed by atoms with van der Waals surface area (Å²) in [6.07, 6.45) is 4.47. The SMILES string of the molecule is CNCCc1ccccc1C(=O)OCCC1CC1. The Kier molecular flexibility index (Phi) is 4.76. The summed E-state index contributed by atoms with van der Waals surface area (Å²) in [5, 5.41) is 3.10. The zero-order chi connectivity index (χ0) is 12.8. The number of esters is 1. The third-order valence-corrected chi connectivity index (χ3v) is 3.34. The quantitative estimate of drug-likeness (QED) is 0.752. The van der Waals surface area contributed by atoms with Gasteiger partial charge in [0, 0.05) is 0 Å². The maximum atomic E-state index is 12.0. The minimum absolute atomic E-state index is 0.178. The molecule has 98 valence electrons. The monoisotopic (exact) mass is 247 g/mol. The second-order valence-electron chi connectivity index (χ2n) is 4.88. The Morgan fingerprint density at radius 2 is 2.17 bits per heavy atom. The van der Waals surface area contributed by atoms with Gasteiger partial charge in [-0.25, -0.2) is 4.79 Å². The third-order valence-electron chi connectivity index (χ3n) is 3.34. The predicted molar refractivity (Wildman–Crippen MR) is 71.7 cm³/mol. The van der Waals surface area contributed by atoms with Crippen molar-refractivity contribution in [1.82, 2.24) is 5.32 Å². The summed E-state index contributed by atoms with van der Waals surface area (Å²) in [4.78, 5) is 12.0. The molecule has 0 atom stereocenters. The third kappa shape index (κ3) is 3.84. The van der Waals surface area contributed by atoms with Gasteiger partial charge in [0.2, 0.25) is 0 Å². The standard InChI is InChI=1S/C15H21NO2/c1-16-10-8-13-4-2-3-5-14(13)15(17)18-11-9-12-6-7-12/h2-5,12,16H,6-11H2,1H3. The van der Waals surface area contributed by atoms with Gasteiger partial charge < -0.3 is 10.1 Å². The molecule has 1 N–H and O–H groups in total. The molecular weight excluding hydrogens is 226 g/mol. The van der Waals surface area contributed by atoms with Gasteiger partial charge in [0.05, 0.1) is 12.2 Å². The lowest BCUT2D eigenvalue weighted by Gasteiger charge is -2.09. The molecule has 0 heterocycles. The molecule has 18 heavy (non-hydrogen) atoms. The highest BCUT2D eigenvalue weighted by Gasteiger charge is 2.21. The van der Waals surface area contributed by atoms with Crippen LogP contribution in [0, 0.1) is 5.92 Å². The van der Waals surface area contributed by atoms with E-state index in [1.807, 2.05) is 31.3 Å². The molecule has 0 saturated heterocycles. The number of ether oxygens (including phenoxy) is 1. The van der Waals surface area contributed by atoms with Gasteiger partial charge in [-0.1, -0.05) is 31.0 Å². The first kappa shape index (κ1) is 13.1. The molecule has 0 spiro atoms. The zero-order valence-corrected chi connectivity index (χ0v) is 10.9. The lowest BCUT2D eigenvalue weighted by Crippen LogP contribution is -2.14. The van der Waals surface area contributed by atoms with Crippen LogP contribution in [0.2, 0.25) is 0 Å². The maximum Gasteiger partial charge on any atom is 0.338 e. The number of nitrogens with one attached hydrogen (secondary N) is 1. The zero-order valence-electron chi connectivity index (χ0n) is 10.9. The Balaban J connectivity index is 1.90. The van der Waals surface area contributed by atoms with Crippen molar-refractivity contribution in [3.8, 4) is 0 Å². The smallest absolute Gasteiger partial charge is 0.338 e. The first-order valence-electron chi connectivity index (χ1n) is 6.71. The average Bonchev–Trinajstić information content (AvgIpc) is 3.20. The van der Waals surface area contributed by atoms with Gasteiger partial charge in [-0.15, -0.1) is 0 Å². The molecule has 0 aliphatic heterocycles. The van der Waals surface area contributed by atoms with Crippen LogP contribution in [0.4, 0.5) is 0 Å². The first-order valence-corrected chi connectivity index (χ1v) is 6.71. The minimum Gasteiger partial charge on any atom is -0.462 e. The van der Waals surface area contributed by atoms with E-state index in [0.717, 1.165) is 30.9 Å². The fourth-order valence-corrected chi connectivity index (χ4v) is 2.00. The molecule has 1 aromatic rings. The molecule has 3 heteroatoms. The second kappa shape index (κ2) is 6.55. The normalized spacial score (nSPS) is 14.5. The van der Waals surface area contributed by atoms with E-state index in [-0.39, 0.29) is 5.97 Å². The summed E-state index contributed by atoms with van der Waals surface area (Å²) in [6, 6.07) is 7.70. The Morgan fingerprint density at radius 1 is 1.39 bits per heavy atom. The molecule has 0 unspecified atom stereocenters. The van der Waals surface area contributed by atoms with E-state index in [0.29, 0.717) is 12.2 Å². The van der Waals surface area contributed by atoms with E-state index in [1.54, 1.807) is 0 Å². The molecule has 3 nitrogen and oxygen atoms in total. The molecular formula is C15H21NO2. The lowest BCUT2D eigenvalue weighted by molar-refractivity contribution is 0.0493. The van der Waals surface area contributed by atoms with Crippen molar-refractivity contribution in [3.05, 3.63) is 35.4 Å². The van der Waals surface area contributed by atoms with E-state index >= 15 is 0 Å². The van der Waals surface area contributed by atoms with E-state index < -0.39 is 0 Å². The van der Waals surface area contributed by atoms with Crippen LogP contribution in [0.15, 0.2) is 24.3 Å². The maximum absolute atomic E-state index is 12.0. The molecule has 0 radical (unpaired) electrons. The molecule has 1 aromatic carbocycles. The topological polar surface area (TPSA) is 38.3 Å². The van der Waals surface area contributed by atoms with Crippen molar-refractivity contribution in [3.63, 3.8) is 0 Å². The van der Waals surface area contributed by atoms with Gasteiger partial charge in [0.15, 0.2) is 0 Å². The van der Waals surface area contributed by atoms with E-state index in [2.05, 4.69) is 5.32 Å². The number of carbonyl (C=O) groups excluding carboxylic acids is 1. The van der Waals surface area contributed by atoms with Crippen LogP contribution in [-0.4, -0.2) is 26.2 Å². The molecule has 0 amide bonds. The molecule has 0 aromatic heterocycles. The summed E-state index contributed by atoms with van der Waals surface area (Å²) in [5.41, 5.74) is 1.77. The van der Waals surface area contributed by atoms with Crippen LogP contribution in [0.1, 0.15) is 35.2 Å². The Bertz CT molecular complexity index is 399. The first-order chi connectivity index (χ1) is 8.81. The van der Waals surface area contributed by atoms with Crippen LogP contribution >= 0.6 is 0 Å². The highest BCUT2D eigenvalue weighted by molar-refractivity contribution is 5.91. The van der Waals surface area contributed by atoms with Crippen molar-refractivity contribution in [1.29, 1.82) is 0 Å². The van der Waals surface area contributed by atoms with Crippen molar-refractivity contribution in [2.45, 2.75) is 25.7 Å². The number of benzene rings is 1. The second-order valence-corrected chi connectivity index (χ2v) is 4.88. The van der Waals surface area contributed by atoms with Crippen LogP contribution in [0.25, 0.3) is 0 Å². The molecule has 1 fully saturated rings. The summed E-state index contributed by atoms with van der Waals surface area (Å²) in [5.74, 6) is 0.625. The fourth-order valence-electron chi connectivity index (χ4n) is 2.00. The van der Waals surface area contributed by atoms with Gasteiger partial charge in [-0.2, -0.15) is 0 Å². The Labute approximate surface area is 109 Å². The van der Waals surface area contributed by atoms with Crippen molar-refractivity contribution in [2.75, 3.05) is 20.2 Å². The summed E-state index contributed by atoms with van der Waals surface area (Å²) in [6.45, 7) is 1.43. The van der Waals surface area contributed by atoms with Crippen molar-refractivity contribution < 1.29 is 9.53 Å². The number of hydrogen-bond donors (Lipinski definition) is 1. The van der Waals surface area contributed by atoms with Gasteiger partial charge >= 0.3 is 5.97 Å². The van der Waals surface area contributed by atoms with Gasteiger partial charge in [0.1, 0.15) is 0 Å². The number of rotatable bonds is 7. The molecule has 0 bridgehead atoms. The Hall–Kier alpha value is -1.35. The highest BCUT2D eigenvalue weighted by Crippen LogP contribution is 2.32. The number of hydrogen-bond acceptors (Lipinski definition) is 3. The summed E-state index contributed by atoms with van der Waals surface area (Å²) < 4.78 is 5.34. The van der Waals surface area contributed by atoms with E-state index in [1.165, 1.54) is 12.8 Å². The molecule has 1 aliphatic carbocycles. The summed E-state index contributed by atoms with van der Waals surface area (Å²) >= 11 is 0. The molecule has 1 saturated carbocycles. The van der Waals surface area contributed by atoms with Gasteiger partial charge in [-0.3, -0.25) is 0 Å². The van der Waals surface area contributed by atoms with E-state index in [4.69, 9.17) is 4.74 Å². The molecule has 2 rings (SSSR count). The Morgan fingerprint density at radius 3 is 2.89 bits per heavy atom. The lowest BCUT2D eigenvalue weighted by atomic mass is 10.0. The fraction of sp³-hybridized carbons (Fsp3) is 0.533. The highest BCUT2D eigenvalue weighted by atomic mass is 16.5. The van der Waals surface area contributed by atoms with Gasteiger partial charge in [-0.05, 0) is 44.0 Å². The van der Waals surface area contributed by atoms with Crippen LogP contribution in [0.5, 0.6) is 0 Å².